The zero-order chi connectivity index (χ0) is 27.8. The number of hydrogen-bond acceptors (Lipinski definition) is 4. The van der Waals surface area contributed by atoms with Gasteiger partial charge in [0.1, 0.15) is 12.7 Å². The minimum atomic E-state index is -0.328. The molecular formula is C34H54NO4+. The van der Waals surface area contributed by atoms with Crippen LogP contribution in [0.15, 0.2) is 54.9 Å². The van der Waals surface area contributed by atoms with Gasteiger partial charge in [0.25, 0.3) is 0 Å². The molecule has 0 radical (unpaired) electrons. The van der Waals surface area contributed by atoms with Crippen LogP contribution >= 0.6 is 0 Å². The van der Waals surface area contributed by atoms with E-state index in [1.165, 1.54) is 83.5 Å². The van der Waals surface area contributed by atoms with Crippen LogP contribution < -0.4 is 4.57 Å². The summed E-state index contributed by atoms with van der Waals surface area (Å²) < 4.78 is 19.2. The van der Waals surface area contributed by atoms with Gasteiger partial charge < -0.3 is 14.2 Å². The third kappa shape index (κ3) is 16.5. The van der Waals surface area contributed by atoms with Gasteiger partial charge in [-0.05, 0) is 25.5 Å². The number of nitrogens with zero attached hydrogens (tertiary/aromatic N) is 1. The van der Waals surface area contributed by atoms with Crippen LogP contribution in [0.5, 0.6) is 0 Å². The summed E-state index contributed by atoms with van der Waals surface area (Å²) >= 11 is 0. The van der Waals surface area contributed by atoms with Crippen molar-refractivity contribution in [2.24, 2.45) is 0 Å². The lowest BCUT2D eigenvalue weighted by Gasteiger charge is -2.17. The van der Waals surface area contributed by atoms with E-state index in [-0.39, 0.29) is 18.7 Å². The molecule has 2 rings (SSSR count). The van der Waals surface area contributed by atoms with Crippen molar-refractivity contribution in [1.82, 2.24) is 0 Å². The second-order valence-corrected chi connectivity index (χ2v) is 10.6. The topological polar surface area (TPSA) is 48.6 Å². The van der Waals surface area contributed by atoms with E-state index in [4.69, 9.17) is 14.2 Å². The van der Waals surface area contributed by atoms with Crippen LogP contribution in [-0.4, -0.2) is 38.5 Å². The Morgan fingerprint density at radius 1 is 0.718 bits per heavy atom. The number of unbranched alkanes of at least 4 members (excludes halogenated alkanes) is 13. The van der Waals surface area contributed by atoms with Crippen LogP contribution in [0, 0.1) is 0 Å². The Labute approximate surface area is 238 Å². The predicted molar refractivity (Wildman–Crippen MR) is 159 cm³/mol. The molecule has 5 nitrogen and oxygen atoms in total. The minimum Gasteiger partial charge on any atom is -0.459 e. The summed E-state index contributed by atoms with van der Waals surface area (Å²) in [7, 11) is 0. The number of carbonyl (C=O) groups excluding carboxylic acids is 1. The first-order valence-electron chi connectivity index (χ1n) is 15.6. The van der Waals surface area contributed by atoms with Crippen molar-refractivity contribution in [3.63, 3.8) is 0 Å². The van der Waals surface area contributed by atoms with Gasteiger partial charge in [-0.3, -0.25) is 0 Å². The van der Waals surface area contributed by atoms with Gasteiger partial charge in [-0.25, -0.2) is 9.36 Å². The molecule has 1 aromatic heterocycles. The number of pyridine rings is 1. The molecule has 218 valence electrons. The number of hydrogen-bond donors (Lipinski definition) is 0. The SMILES string of the molecule is CCCCCCCCCCCCCCCCOCC(COC(=O)c1ccc(C[n+]2ccccc2)cc1)OCC. The first kappa shape index (κ1) is 33.0. The Bertz CT molecular complexity index is 840. The van der Waals surface area contributed by atoms with Crippen molar-refractivity contribution < 1.29 is 23.6 Å². The molecular weight excluding hydrogens is 486 g/mol. The molecule has 0 aliphatic rings. The normalized spacial score (nSPS) is 11.9. The third-order valence-corrected chi connectivity index (χ3v) is 7.08. The monoisotopic (exact) mass is 540 g/mol. The maximum atomic E-state index is 12.5. The molecule has 1 atom stereocenters. The Morgan fingerprint density at radius 2 is 1.28 bits per heavy atom. The van der Waals surface area contributed by atoms with Gasteiger partial charge >= 0.3 is 5.97 Å². The van der Waals surface area contributed by atoms with Crippen LogP contribution in [0.1, 0.15) is 120 Å². The van der Waals surface area contributed by atoms with Crippen molar-refractivity contribution in [3.8, 4) is 0 Å². The quantitative estimate of drug-likeness (QED) is 0.0767. The largest absolute Gasteiger partial charge is 0.459 e. The van der Waals surface area contributed by atoms with Gasteiger partial charge in [0.05, 0.1) is 12.2 Å². The number of aromatic nitrogens is 1. The highest BCUT2D eigenvalue weighted by Crippen LogP contribution is 2.13. The average molecular weight is 541 g/mol. The van der Waals surface area contributed by atoms with E-state index in [0.29, 0.717) is 18.8 Å². The average Bonchev–Trinajstić information content (AvgIpc) is 2.96. The van der Waals surface area contributed by atoms with Crippen molar-refractivity contribution in [2.45, 2.75) is 116 Å². The molecule has 0 spiro atoms. The van der Waals surface area contributed by atoms with Crippen molar-refractivity contribution in [1.29, 1.82) is 0 Å². The van der Waals surface area contributed by atoms with Crippen molar-refractivity contribution in [2.75, 3.05) is 26.4 Å². The number of esters is 1. The molecule has 39 heavy (non-hydrogen) atoms. The Hall–Kier alpha value is -2.24. The third-order valence-electron chi connectivity index (χ3n) is 7.08. The maximum Gasteiger partial charge on any atom is 0.338 e. The fourth-order valence-electron chi connectivity index (χ4n) is 4.74. The summed E-state index contributed by atoms with van der Waals surface area (Å²) in [4.78, 5) is 12.5. The molecule has 1 aromatic carbocycles. The lowest BCUT2D eigenvalue weighted by Crippen LogP contribution is -2.32. The first-order chi connectivity index (χ1) is 19.2. The predicted octanol–water partition coefficient (Wildman–Crippen LogP) is 8.08. The lowest BCUT2D eigenvalue weighted by atomic mass is 10.0. The minimum absolute atomic E-state index is 0.201. The molecule has 0 bridgehead atoms. The van der Waals surface area contributed by atoms with E-state index in [2.05, 4.69) is 11.5 Å². The van der Waals surface area contributed by atoms with E-state index in [0.717, 1.165) is 25.1 Å². The van der Waals surface area contributed by atoms with Gasteiger partial charge in [-0.15, -0.1) is 0 Å². The number of ether oxygens (including phenoxy) is 3. The number of carbonyl (C=O) groups is 1. The zero-order valence-electron chi connectivity index (χ0n) is 24.8. The van der Waals surface area contributed by atoms with E-state index in [9.17, 15) is 4.79 Å². The van der Waals surface area contributed by atoms with Gasteiger partial charge in [0, 0.05) is 30.9 Å². The second-order valence-electron chi connectivity index (χ2n) is 10.6. The van der Waals surface area contributed by atoms with E-state index in [1.807, 2.05) is 61.8 Å². The van der Waals surface area contributed by atoms with Crippen molar-refractivity contribution in [3.05, 3.63) is 66.0 Å². The summed E-state index contributed by atoms with van der Waals surface area (Å²) in [5.41, 5.74) is 1.68. The van der Waals surface area contributed by atoms with Gasteiger partial charge in [-0.1, -0.05) is 109 Å². The fourth-order valence-corrected chi connectivity index (χ4v) is 4.74. The molecule has 0 aliphatic heterocycles. The smallest absolute Gasteiger partial charge is 0.338 e. The zero-order valence-corrected chi connectivity index (χ0v) is 24.8. The summed E-state index contributed by atoms with van der Waals surface area (Å²) in [6.07, 6.45) is 22.7. The molecule has 0 saturated heterocycles. The van der Waals surface area contributed by atoms with E-state index < -0.39 is 0 Å². The highest BCUT2D eigenvalue weighted by molar-refractivity contribution is 5.89. The van der Waals surface area contributed by atoms with Crippen LogP contribution in [-0.2, 0) is 20.8 Å². The molecule has 0 saturated carbocycles. The highest BCUT2D eigenvalue weighted by atomic mass is 16.6. The van der Waals surface area contributed by atoms with Crippen LogP contribution in [0.3, 0.4) is 0 Å². The highest BCUT2D eigenvalue weighted by Gasteiger charge is 2.14. The van der Waals surface area contributed by atoms with Gasteiger partial charge in [0.15, 0.2) is 18.9 Å². The summed E-state index contributed by atoms with van der Waals surface area (Å²) in [6, 6.07) is 13.6. The molecule has 0 amide bonds. The van der Waals surface area contributed by atoms with Crippen molar-refractivity contribution >= 4 is 5.97 Å². The molecule has 1 unspecified atom stereocenters. The molecule has 0 fully saturated rings. The van der Waals surface area contributed by atoms with Gasteiger partial charge in [-0.2, -0.15) is 0 Å². The Balaban J connectivity index is 1.48. The summed E-state index contributed by atoms with van der Waals surface area (Å²) in [5, 5.41) is 0. The van der Waals surface area contributed by atoms with Crippen LogP contribution in [0.4, 0.5) is 0 Å². The molecule has 0 aliphatic carbocycles. The molecule has 5 heteroatoms. The van der Waals surface area contributed by atoms with Crippen LogP contribution in [0.2, 0.25) is 0 Å². The Morgan fingerprint density at radius 3 is 1.85 bits per heavy atom. The number of benzene rings is 1. The number of rotatable bonds is 24. The first-order valence-corrected chi connectivity index (χ1v) is 15.6. The van der Waals surface area contributed by atoms with Crippen LogP contribution in [0.25, 0.3) is 0 Å². The summed E-state index contributed by atoms with van der Waals surface area (Å²) in [5.74, 6) is -0.328. The second kappa shape index (κ2) is 22.6. The van der Waals surface area contributed by atoms with E-state index in [1.54, 1.807) is 0 Å². The molecule has 0 N–H and O–H groups in total. The van der Waals surface area contributed by atoms with E-state index >= 15 is 0 Å². The molecule has 2 aromatic rings. The standard InChI is InChI=1S/C34H54NO4/c1-3-5-6-7-8-9-10-11-12-13-14-15-16-20-27-37-29-33(38-4-2)30-39-34(36)32-23-21-31(22-24-32)28-35-25-18-17-19-26-35/h17-19,21-26,33H,3-16,20,27-30H2,1-2H3/q+1. The molecule has 1 heterocycles. The summed E-state index contributed by atoms with van der Waals surface area (Å²) in [6.45, 7) is 6.94. The van der Waals surface area contributed by atoms with Gasteiger partial charge in [0.2, 0.25) is 0 Å². The lowest BCUT2D eigenvalue weighted by molar-refractivity contribution is -0.688. The fraction of sp³-hybridized carbons (Fsp3) is 0.647. The maximum absolute atomic E-state index is 12.5. The Kier molecular flexibility index (Phi) is 19.1.